The number of rotatable bonds is 3. The summed E-state index contributed by atoms with van der Waals surface area (Å²) in [5, 5.41) is 1.62. The molecule has 1 aliphatic rings. The van der Waals surface area contributed by atoms with E-state index in [2.05, 4.69) is 45.9 Å². The van der Waals surface area contributed by atoms with Crippen LogP contribution in [0.1, 0.15) is 34.1 Å². The van der Waals surface area contributed by atoms with Crippen LogP contribution in [0, 0.1) is 0 Å². The van der Waals surface area contributed by atoms with E-state index in [-0.39, 0.29) is 7.92 Å². The Hall–Kier alpha value is -0.0900. The Morgan fingerprint density at radius 1 is 1.17 bits per heavy atom. The van der Waals surface area contributed by atoms with Crippen molar-refractivity contribution in [3.05, 3.63) is 23.5 Å². The highest BCUT2D eigenvalue weighted by Crippen LogP contribution is 2.54. The topological polar surface area (TPSA) is 0 Å². The minimum absolute atomic E-state index is 0.0945. The molecule has 0 fully saturated rings. The molecule has 0 bridgehead atoms. The first-order valence-corrected chi connectivity index (χ1v) is 6.26. The van der Waals surface area contributed by atoms with Gasteiger partial charge in [-0.15, -0.1) is 0 Å². The third-order valence-electron chi connectivity index (χ3n) is 2.16. The van der Waals surface area contributed by atoms with Crippen LogP contribution in [0.15, 0.2) is 23.5 Å². The first-order chi connectivity index (χ1) is 5.63. The summed E-state index contributed by atoms with van der Waals surface area (Å²) in [5.41, 5.74) is 1.66. The molecule has 1 rings (SSSR count). The maximum Gasteiger partial charge on any atom is -0.0156 e. The molecule has 0 saturated carbocycles. The van der Waals surface area contributed by atoms with Gasteiger partial charge in [-0.25, -0.2) is 0 Å². The summed E-state index contributed by atoms with van der Waals surface area (Å²) in [6.45, 7) is 9.38. The summed E-state index contributed by atoms with van der Waals surface area (Å²) >= 11 is 0. The molecule has 0 atom stereocenters. The van der Waals surface area contributed by atoms with E-state index in [1.54, 1.807) is 5.31 Å². The summed E-state index contributed by atoms with van der Waals surface area (Å²) in [6.07, 6.45) is 8.15. The lowest BCUT2D eigenvalue weighted by Gasteiger charge is -2.26. The van der Waals surface area contributed by atoms with Crippen molar-refractivity contribution in [2.75, 3.05) is 0 Å². The quantitative estimate of drug-likeness (QED) is 0.576. The summed E-state index contributed by atoms with van der Waals surface area (Å²) in [6, 6.07) is 0. The summed E-state index contributed by atoms with van der Waals surface area (Å²) in [4.78, 5) is 0. The normalized spacial score (nSPS) is 16.8. The van der Waals surface area contributed by atoms with Crippen LogP contribution < -0.4 is 0 Å². The lowest BCUT2D eigenvalue weighted by atomic mass is 10.5. The zero-order valence-corrected chi connectivity index (χ0v) is 9.44. The third-order valence-corrected chi connectivity index (χ3v) is 5.32. The van der Waals surface area contributed by atoms with Crippen molar-refractivity contribution in [3.63, 3.8) is 0 Å². The van der Waals surface area contributed by atoms with Crippen molar-refractivity contribution < 1.29 is 0 Å². The molecule has 0 aromatic carbocycles. The molecule has 0 radical (unpaired) electrons. The van der Waals surface area contributed by atoms with Crippen molar-refractivity contribution in [1.29, 1.82) is 0 Å². The van der Waals surface area contributed by atoms with Crippen LogP contribution in [-0.2, 0) is 0 Å². The number of hydrogen-bond acceptors (Lipinski definition) is 0. The summed E-state index contributed by atoms with van der Waals surface area (Å²) in [5.74, 6) is 0. The molecule has 0 unspecified atom stereocenters. The molecule has 0 N–H and O–H groups in total. The van der Waals surface area contributed by atoms with Crippen molar-refractivity contribution in [3.8, 4) is 0 Å². The lowest BCUT2D eigenvalue weighted by molar-refractivity contribution is 1.02. The smallest absolute Gasteiger partial charge is 0.0156 e. The summed E-state index contributed by atoms with van der Waals surface area (Å²) < 4.78 is 0. The van der Waals surface area contributed by atoms with Gasteiger partial charge in [0.1, 0.15) is 0 Å². The highest BCUT2D eigenvalue weighted by Gasteiger charge is 2.20. The molecule has 0 aliphatic heterocycles. The number of hydrogen-bond donors (Lipinski definition) is 0. The third kappa shape index (κ3) is 2.20. The van der Waals surface area contributed by atoms with E-state index < -0.39 is 0 Å². The van der Waals surface area contributed by atoms with E-state index in [9.17, 15) is 0 Å². The van der Waals surface area contributed by atoms with Gasteiger partial charge in [-0.1, -0.05) is 53.8 Å². The van der Waals surface area contributed by atoms with Crippen molar-refractivity contribution in [2.24, 2.45) is 0 Å². The fraction of sp³-hybridized carbons (Fsp3) is 0.636. The van der Waals surface area contributed by atoms with Gasteiger partial charge in [0, 0.05) is 0 Å². The molecule has 0 aromatic heterocycles. The highest BCUT2D eigenvalue weighted by molar-refractivity contribution is 7.63. The maximum atomic E-state index is 2.39. The molecular formula is C11H19P. The molecule has 0 nitrogen and oxygen atoms in total. The van der Waals surface area contributed by atoms with Gasteiger partial charge in [0.25, 0.3) is 0 Å². The second-order valence-electron chi connectivity index (χ2n) is 3.86. The van der Waals surface area contributed by atoms with Gasteiger partial charge in [-0.05, 0) is 23.1 Å². The van der Waals surface area contributed by atoms with Gasteiger partial charge in [-0.2, -0.15) is 0 Å². The first-order valence-electron chi connectivity index (χ1n) is 4.78. The fourth-order valence-electron chi connectivity index (χ4n) is 1.83. The van der Waals surface area contributed by atoms with Crippen LogP contribution in [0.3, 0.4) is 0 Å². The SMILES string of the molecule is CC(C)P(C1=CCC=C1)C(C)C. The molecule has 0 spiro atoms. The second kappa shape index (κ2) is 4.23. The Morgan fingerprint density at radius 3 is 2.08 bits per heavy atom. The van der Waals surface area contributed by atoms with Gasteiger partial charge in [0.05, 0.1) is 0 Å². The predicted octanol–water partition coefficient (Wildman–Crippen LogP) is 4.13. The van der Waals surface area contributed by atoms with E-state index in [0.717, 1.165) is 17.7 Å². The average Bonchev–Trinajstić information content (AvgIpc) is 2.37. The zero-order chi connectivity index (χ0) is 9.14. The lowest BCUT2D eigenvalue weighted by Crippen LogP contribution is -2.03. The van der Waals surface area contributed by atoms with Gasteiger partial charge < -0.3 is 0 Å². The largest absolute Gasteiger partial charge is 0.0801 e. The van der Waals surface area contributed by atoms with Gasteiger partial charge in [-0.3, -0.25) is 0 Å². The molecule has 0 aromatic rings. The monoisotopic (exact) mass is 182 g/mol. The van der Waals surface area contributed by atoms with Crippen LogP contribution in [0.25, 0.3) is 0 Å². The Kier molecular flexibility index (Phi) is 3.53. The molecule has 1 heteroatoms. The summed E-state index contributed by atoms with van der Waals surface area (Å²) in [7, 11) is 0.0945. The predicted molar refractivity (Wildman–Crippen MR) is 59.0 cm³/mol. The van der Waals surface area contributed by atoms with Crippen LogP contribution in [0.4, 0.5) is 0 Å². The standard InChI is InChI=1S/C11H19P/c1-9(2)12(10(3)4)11-7-5-6-8-11/h5,7-10H,6H2,1-4H3. The van der Waals surface area contributed by atoms with Crippen LogP contribution in [-0.4, -0.2) is 11.3 Å². The highest BCUT2D eigenvalue weighted by atomic mass is 31.1. The van der Waals surface area contributed by atoms with Crippen LogP contribution in [0.2, 0.25) is 0 Å². The fourth-order valence-corrected chi connectivity index (χ4v) is 4.81. The Morgan fingerprint density at radius 2 is 1.75 bits per heavy atom. The molecule has 12 heavy (non-hydrogen) atoms. The molecule has 68 valence electrons. The van der Waals surface area contributed by atoms with Gasteiger partial charge in [0.15, 0.2) is 0 Å². The van der Waals surface area contributed by atoms with Crippen molar-refractivity contribution in [2.45, 2.75) is 45.4 Å². The van der Waals surface area contributed by atoms with E-state index in [0.29, 0.717) is 0 Å². The molecule has 1 aliphatic carbocycles. The number of allylic oxidation sites excluding steroid dienone is 4. The average molecular weight is 182 g/mol. The van der Waals surface area contributed by atoms with Gasteiger partial charge >= 0.3 is 0 Å². The Balaban J connectivity index is 2.72. The second-order valence-corrected chi connectivity index (χ2v) is 7.26. The van der Waals surface area contributed by atoms with E-state index in [4.69, 9.17) is 0 Å². The minimum atomic E-state index is 0.0945. The van der Waals surface area contributed by atoms with E-state index in [1.807, 2.05) is 0 Å². The van der Waals surface area contributed by atoms with Gasteiger partial charge in [0.2, 0.25) is 0 Å². The van der Waals surface area contributed by atoms with Crippen molar-refractivity contribution in [1.82, 2.24) is 0 Å². The molecule has 0 heterocycles. The van der Waals surface area contributed by atoms with Crippen LogP contribution in [0.5, 0.6) is 0 Å². The minimum Gasteiger partial charge on any atom is -0.0801 e. The van der Waals surface area contributed by atoms with E-state index >= 15 is 0 Å². The zero-order valence-electron chi connectivity index (χ0n) is 8.54. The van der Waals surface area contributed by atoms with Crippen LogP contribution >= 0.6 is 7.92 Å². The molecular weight excluding hydrogens is 163 g/mol. The first kappa shape index (κ1) is 9.99. The molecule has 0 amide bonds. The Labute approximate surface area is 77.5 Å². The Bertz CT molecular complexity index is 191. The van der Waals surface area contributed by atoms with Crippen molar-refractivity contribution >= 4 is 7.92 Å². The maximum absolute atomic E-state index is 2.39. The molecule has 0 saturated heterocycles. The van der Waals surface area contributed by atoms with E-state index in [1.165, 1.54) is 0 Å².